The Hall–Kier alpha value is -6.63. The molecule has 10 N–H and O–H groups in total. The van der Waals surface area contributed by atoms with Crippen molar-refractivity contribution in [3.05, 3.63) is 118 Å². The number of methoxy groups -OCH3 is 1. The number of carbonyl (C=O) groups is 1. The molecule has 0 spiro atoms. The van der Waals surface area contributed by atoms with E-state index in [1.165, 1.54) is 86.8 Å². The average molecular weight is 843 g/mol. The van der Waals surface area contributed by atoms with Crippen molar-refractivity contribution in [3.8, 4) is 57.5 Å². The fraction of sp³-hybridized carbons (Fsp3) is 0.295. The third-order valence-corrected chi connectivity index (χ3v) is 11.2. The molecule has 1 saturated heterocycles. The minimum absolute atomic E-state index is 0.00882. The van der Waals surface area contributed by atoms with E-state index in [1.807, 2.05) is 0 Å². The molecule has 3 heterocycles. The quantitative estimate of drug-likeness (QED) is 0.0988. The second kappa shape index (κ2) is 16.1. The molecule has 0 aliphatic carbocycles. The van der Waals surface area contributed by atoms with Crippen molar-refractivity contribution in [1.82, 2.24) is 0 Å². The Bertz CT molecular complexity index is 2440. The number of phenolic OH excluding ortho intramolecular Hbond substituents is 7. The van der Waals surface area contributed by atoms with Gasteiger partial charge in [-0.2, -0.15) is 0 Å². The van der Waals surface area contributed by atoms with Gasteiger partial charge in [-0.3, -0.25) is 0 Å². The fourth-order valence-corrected chi connectivity index (χ4v) is 8.11. The van der Waals surface area contributed by atoms with Crippen LogP contribution in [-0.2, 0) is 20.6 Å². The lowest BCUT2D eigenvalue weighted by molar-refractivity contribution is -0.312. The smallest absolute Gasteiger partial charge is 0.338 e. The van der Waals surface area contributed by atoms with Crippen LogP contribution >= 0.6 is 0 Å². The molecule has 17 heteroatoms. The molecule has 5 aromatic rings. The highest BCUT2D eigenvalue weighted by molar-refractivity contribution is 5.90. The predicted octanol–water partition coefficient (Wildman–Crippen LogP) is 4.01. The van der Waals surface area contributed by atoms with Crippen molar-refractivity contribution in [3.63, 3.8) is 0 Å². The summed E-state index contributed by atoms with van der Waals surface area (Å²) in [5.74, 6) is -4.86. The van der Waals surface area contributed by atoms with Gasteiger partial charge in [0.1, 0.15) is 76.5 Å². The zero-order chi connectivity index (χ0) is 43.4. The lowest BCUT2D eigenvalue weighted by Gasteiger charge is -2.46. The summed E-state index contributed by atoms with van der Waals surface area (Å²) in [6.07, 6.45) is -13.1. The molecule has 8 rings (SSSR count). The molecule has 10 unspecified atom stereocenters. The summed E-state index contributed by atoms with van der Waals surface area (Å²) < 4.78 is 36.7. The number of aliphatic hydroxyl groups is 3. The van der Waals surface area contributed by atoms with Gasteiger partial charge in [-0.15, -0.1) is 0 Å². The first-order valence-electron chi connectivity index (χ1n) is 19.1. The number of rotatable bonds is 8. The van der Waals surface area contributed by atoms with Crippen molar-refractivity contribution < 1.29 is 84.3 Å². The van der Waals surface area contributed by atoms with Crippen molar-refractivity contribution in [2.45, 2.75) is 74.4 Å². The molecule has 3 aliphatic rings. The largest absolute Gasteiger partial charge is 0.508 e. The van der Waals surface area contributed by atoms with Crippen molar-refractivity contribution in [2.75, 3.05) is 7.11 Å². The van der Waals surface area contributed by atoms with Gasteiger partial charge in [-0.05, 0) is 60.5 Å². The van der Waals surface area contributed by atoms with E-state index in [0.29, 0.717) is 11.1 Å². The minimum Gasteiger partial charge on any atom is -0.508 e. The summed E-state index contributed by atoms with van der Waals surface area (Å²) in [7, 11) is 1.31. The van der Waals surface area contributed by atoms with Crippen molar-refractivity contribution in [2.24, 2.45) is 0 Å². The number of esters is 1. The fourth-order valence-electron chi connectivity index (χ4n) is 8.11. The number of phenols is 7. The monoisotopic (exact) mass is 842 g/mol. The standard InChI is InChI=1S/C44H42O17/c1-18-36(52)37(53)38(54)44(57-18)61-42-35(33-28(50)14-24(47)15-31(33)58-40(42)20-5-10-23(46)11-6-20)34-29(51)17-27(49)25-16-32(39(60-41(25)34)19-3-8-22(45)9-4-19)59-43(55)21-7-12-26(48)30(13-21)56-2/h3-15,17-18,32,35-40,42,44-54H,16H2,1-2H3. The maximum atomic E-state index is 13.7. The highest BCUT2D eigenvalue weighted by Crippen LogP contribution is 2.58. The molecule has 0 amide bonds. The molecule has 320 valence electrons. The van der Waals surface area contributed by atoms with Crippen LogP contribution in [-0.4, -0.2) is 107 Å². The van der Waals surface area contributed by atoms with Crippen LogP contribution in [0.15, 0.2) is 84.9 Å². The Labute approximate surface area is 347 Å². The summed E-state index contributed by atoms with van der Waals surface area (Å²) in [5, 5.41) is 109. The average Bonchev–Trinajstić information content (AvgIpc) is 3.23. The number of benzene rings is 5. The van der Waals surface area contributed by atoms with E-state index < -0.39 is 90.0 Å². The molecule has 0 radical (unpaired) electrons. The van der Waals surface area contributed by atoms with Gasteiger partial charge in [0.05, 0.1) is 24.7 Å². The molecule has 1 fully saturated rings. The normalized spacial score (nSPS) is 26.8. The Kier molecular flexibility index (Phi) is 10.8. The van der Waals surface area contributed by atoms with Gasteiger partial charge >= 0.3 is 5.97 Å². The van der Waals surface area contributed by atoms with Gasteiger partial charge in [-0.25, -0.2) is 4.79 Å². The Morgan fingerprint density at radius 3 is 1.95 bits per heavy atom. The van der Waals surface area contributed by atoms with E-state index in [9.17, 15) is 55.9 Å². The van der Waals surface area contributed by atoms with E-state index in [2.05, 4.69) is 0 Å². The molecule has 5 aromatic carbocycles. The topological polar surface area (TPSA) is 275 Å². The van der Waals surface area contributed by atoms with Crippen LogP contribution in [0.5, 0.6) is 57.5 Å². The summed E-state index contributed by atoms with van der Waals surface area (Å²) in [6.45, 7) is 1.45. The van der Waals surface area contributed by atoms with E-state index in [0.717, 1.165) is 12.1 Å². The molecular weight excluding hydrogens is 800 g/mol. The number of fused-ring (bicyclic) bond motifs is 2. The third kappa shape index (κ3) is 7.57. The first-order valence-corrected chi connectivity index (χ1v) is 19.1. The number of carbonyl (C=O) groups excluding carboxylic acids is 1. The van der Waals surface area contributed by atoms with Crippen LogP contribution < -0.4 is 14.2 Å². The van der Waals surface area contributed by atoms with Gasteiger partial charge in [0.15, 0.2) is 30.0 Å². The lowest BCUT2D eigenvalue weighted by atomic mass is 9.77. The number of hydrogen-bond donors (Lipinski definition) is 10. The predicted molar refractivity (Wildman–Crippen MR) is 209 cm³/mol. The van der Waals surface area contributed by atoms with Crippen molar-refractivity contribution in [1.29, 1.82) is 0 Å². The maximum Gasteiger partial charge on any atom is 0.338 e. The summed E-state index contributed by atoms with van der Waals surface area (Å²) in [6, 6.07) is 18.7. The summed E-state index contributed by atoms with van der Waals surface area (Å²) in [5.41, 5.74) is 0.623. The zero-order valence-corrected chi connectivity index (χ0v) is 32.4. The first-order chi connectivity index (χ1) is 29.1. The molecule has 10 atom stereocenters. The van der Waals surface area contributed by atoms with Gasteiger partial charge < -0.3 is 79.5 Å². The van der Waals surface area contributed by atoms with Gasteiger partial charge in [-0.1, -0.05) is 24.3 Å². The molecular formula is C44H42O17. The lowest BCUT2D eigenvalue weighted by Crippen LogP contribution is -2.58. The number of hydrogen-bond acceptors (Lipinski definition) is 17. The number of ether oxygens (including phenoxy) is 6. The van der Waals surface area contributed by atoms with Crippen LogP contribution in [0.1, 0.15) is 63.2 Å². The molecule has 0 saturated carbocycles. The van der Waals surface area contributed by atoms with Gasteiger partial charge in [0.2, 0.25) is 0 Å². The van der Waals surface area contributed by atoms with Crippen LogP contribution in [0.4, 0.5) is 0 Å². The first kappa shape index (κ1) is 41.1. The SMILES string of the molecule is COc1cc(C(=O)OC2Cc3c(O)cc(O)c(C4c5c(O)cc(O)cc5OC(c5ccc(O)cc5)C4OC4OC(C)C(O)C(O)C4O)c3OC2c2ccc(O)cc2)ccc1O. The number of aromatic hydroxyl groups is 7. The zero-order valence-electron chi connectivity index (χ0n) is 32.4. The van der Waals surface area contributed by atoms with Gasteiger partial charge in [0, 0.05) is 41.3 Å². The van der Waals surface area contributed by atoms with Gasteiger partial charge in [0.25, 0.3) is 0 Å². The van der Waals surface area contributed by atoms with Crippen LogP contribution in [0, 0.1) is 0 Å². The Morgan fingerprint density at radius 1 is 0.656 bits per heavy atom. The molecule has 17 nitrogen and oxygen atoms in total. The number of aliphatic hydroxyl groups excluding tert-OH is 3. The van der Waals surface area contributed by atoms with Crippen LogP contribution in [0.25, 0.3) is 0 Å². The van der Waals surface area contributed by atoms with E-state index in [4.69, 9.17) is 28.4 Å². The molecule has 0 aromatic heterocycles. The van der Waals surface area contributed by atoms with Crippen LogP contribution in [0.3, 0.4) is 0 Å². The minimum atomic E-state index is -1.83. The van der Waals surface area contributed by atoms with E-state index in [-0.39, 0.29) is 63.2 Å². The third-order valence-electron chi connectivity index (χ3n) is 11.2. The second-order valence-electron chi connectivity index (χ2n) is 15.1. The summed E-state index contributed by atoms with van der Waals surface area (Å²) >= 11 is 0. The maximum absolute atomic E-state index is 13.7. The van der Waals surface area contributed by atoms with E-state index in [1.54, 1.807) is 0 Å². The molecule has 3 aliphatic heterocycles. The van der Waals surface area contributed by atoms with Crippen molar-refractivity contribution >= 4 is 5.97 Å². The van der Waals surface area contributed by atoms with Crippen LogP contribution in [0.2, 0.25) is 0 Å². The second-order valence-corrected chi connectivity index (χ2v) is 15.1. The Morgan fingerprint density at radius 2 is 1.30 bits per heavy atom. The highest BCUT2D eigenvalue weighted by Gasteiger charge is 2.51. The molecule has 0 bridgehead atoms. The Balaban J connectivity index is 1.31. The highest BCUT2D eigenvalue weighted by atomic mass is 16.7. The molecule has 61 heavy (non-hydrogen) atoms. The van der Waals surface area contributed by atoms with E-state index >= 15 is 0 Å². The summed E-state index contributed by atoms with van der Waals surface area (Å²) in [4.78, 5) is 13.7.